The fourth-order valence-electron chi connectivity index (χ4n) is 1.55. The van der Waals surface area contributed by atoms with E-state index in [2.05, 4.69) is 5.32 Å². The zero-order valence-electron chi connectivity index (χ0n) is 9.24. The molecule has 0 unspecified atom stereocenters. The lowest BCUT2D eigenvalue weighted by molar-refractivity contribution is 1.47. The van der Waals surface area contributed by atoms with Crippen LogP contribution in [-0.2, 0) is 0 Å². The summed E-state index contributed by atoms with van der Waals surface area (Å²) in [6, 6.07) is 12.3. The van der Waals surface area contributed by atoms with Gasteiger partial charge in [0.1, 0.15) is 6.07 Å². The van der Waals surface area contributed by atoms with E-state index >= 15 is 0 Å². The quantitative estimate of drug-likeness (QED) is 0.809. The van der Waals surface area contributed by atoms with Gasteiger partial charge in [-0.3, -0.25) is 0 Å². The first-order valence-corrected chi connectivity index (χ1v) is 5.87. The number of para-hydroxylation sites is 1. The molecule has 2 aromatic carbocycles. The highest BCUT2D eigenvalue weighted by Crippen LogP contribution is 2.29. The average Bonchev–Trinajstić information content (AvgIpc) is 2.30. The lowest BCUT2D eigenvalue weighted by atomic mass is 10.1. The van der Waals surface area contributed by atoms with Crippen LogP contribution in [0.1, 0.15) is 5.56 Å². The number of nitrogen functional groups attached to an aromatic ring is 1. The maximum Gasteiger partial charge on any atom is 0.101 e. The first-order chi connectivity index (χ1) is 8.60. The molecular weight excluding hydrogens is 269 g/mol. The highest BCUT2D eigenvalue weighted by Gasteiger charge is 2.05. The van der Waals surface area contributed by atoms with Crippen molar-refractivity contribution in [3.05, 3.63) is 52.0 Å². The molecular formula is C13H9Cl2N3. The number of hydrogen-bond acceptors (Lipinski definition) is 3. The summed E-state index contributed by atoms with van der Waals surface area (Å²) in [4.78, 5) is 0. The van der Waals surface area contributed by atoms with E-state index in [-0.39, 0.29) is 0 Å². The van der Waals surface area contributed by atoms with Crippen molar-refractivity contribution < 1.29 is 0 Å². The Balaban J connectivity index is 2.37. The number of nitrogens with two attached hydrogens (primary N) is 1. The van der Waals surface area contributed by atoms with Gasteiger partial charge in [-0.15, -0.1) is 0 Å². The largest absolute Gasteiger partial charge is 0.396 e. The Morgan fingerprint density at radius 1 is 1.11 bits per heavy atom. The normalized spacial score (nSPS) is 9.83. The second kappa shape index (κ2) is 5.18. The van der Waals surface area contributed by atoms with Gasteiger partial charge in [0.15, 0.2) is 0 Å². The second-order valence-corrected chi connectivity index (χ2v) is 4.53. The summed E-state index contributed by atoms with van der Waals surface area (Å²) >= 11 is 11.8. The van der Waals surface area contributed by atoms with Crippen molar-refractivity contribution in [1.29, 1.82) is 5.26 Å². The van der Waals surface area contributed by atoms with E-state index < -0.39 is 0 Å². The molecule has 0 radical (unpaired) electrons. The van der Waals surface area contributed by atoms with Crippen molar-refractivity contribution in [3.8, 4) is 6.07 Å². The predicted octanol–water partition coefficient (Wildman–Crippen LogP) is 4.19. The standard InChI is InChI=1S/C13H9Cl2N3/c14-9-4-10(15)6-11(5-9)18-12-3-1-2-8(7-16)13(12)17/h1-6,18H,17H2. The van der Waals surface area contributed by atoms with Crippen molar-refractivity contribution in [2.45, 2.75) is 0 Å². The molecule has 0 aliphatic rings. The minimum Gasteiger partial charge on any atom is -0.396 e. The van der Waals surface area contributed by atoms with Crippen LogP contribution in [0.4, 0.5) is 17.1 Å². The van der Waals surface area contributed by atoms with Crippen molar-refractivity contribution >= 4 is 40.3 Å². The number of benzene rings is 2. The number of nitrogens with zero attached hydrogens (tertiary/aromatic N) is 1. The summed E-state index contributed by atoms with van der Waals surface area (Å²) < 4.78 is 0. The Labute approximate surface area is 115 Å². The molecule has 2 aromatic rings. The highest BCUT2D eigenvalue weighted by molar-refractivity contribution is 6.35. The number of anilines is 3. The van der Waals surface area contributed by atoms with Crippen LogP contribution in [0.3, 0.4) is 0 Å². The van der Waals surface area contributed by atoms with Gasteiger partial charge in [0.2, 0.25) is 0 Å². The van der Waals surface area contributed by atoms with E-state index in [9.17, 15) is 0 Å². The SMILES string of the molecule is N#Cc1cccc(Nc2cc(Cl)cc(Cl)c2)c1N. The van der Waals surface area contributed by atoms with E-state index in [1.807, 2.05) is 6.07 Å². The van der Waals surface area contributed by atoms with E-state index in [1.165, 1.54) is 0 Å². The van der Waals surface area contributed by atoms with Gasteiger partial charge in [-0.2, -0.15) is 5.26 Å². The molecule has 0 saturated heterocycles. The maximum absolute atomic E-state index is 8.90. The van der Waals surface area contributed by atoms with Crippen molar-refractivity contribution in [1.82, 2.24) is 0 Å². The lowest BCUT2D eigenvalue weighted by Crippen LogP contribution is -1.98. The lowest BCUT2D eigenvalue weighted by Gasteiger charge is -2.10. The summed E-state index contributed by atoms with van der Waals surface area (Å²) in [5.41, 5.74) is 8.05. The van der Waals surface area contributed by atoms with Crippen LogP contribution < -0.4 is 11.1 Å². The third-order valence-corrected chi connectivity index (χ3v) is 2.80. The molecule has 0 bridgehead atoms. The molecule has 90 valence electrons. The van der Waals surface area contributed by atoms with Gasteiger partial charge in [0, 0.05) is 15.7 Å². The maximum atomic E-state index is 8.90. The Morgan fingerprint density at radius 2 is 1.78 bits per heavy atom. The Hall–Kier alpha value is -1.89. The van der Waals surface area contributed by atoms with Gasteiger partial charge in [0.25, 0.3) is 0 Å². The van der Waals surface area contributed by atoms with Gasteiger partial charge in [-0.25, -0.2) is 0 Å². The predicted molar refractivity (Wildman–Crippen MR) is 75.3 cm³/mol. The second-order valence-electron chi connectivity index (χ2n) is 3.66. The smallest absolute Gasteiger partial charge is 0.101 e. The van der Waals surface area contributed by atoms with Gasteiger partial charge in [-0.05, 0) is 30.3 Å². The van der Waals surface area contributed by atoms with Gasteiger partial charge in [0.05, 0.1) is 16.9 Å². The van der Waals surface area contributed by atoms with E-state index in [0.717, 1.165) is 0 Å². The zero-order chi connectivity index (χ0) is 13.1. The number of nitriles is 1. The molecule has 0 fully saturated rings. The zero-order valence-corrected chi connectivity index (χ0v) is 10.8. The van der Waals surface area contributed by atoms with Crippen LogP contribution in [-0.4, -0.2) is 0 Å². The molecule has 0 aliphatic heterocycles. The highest BCUT2D eigenvalue weighted by atomic mass is 35.5. The number of halogens is 2. The van der Waals surface area contributed by atoms with Crippen LogP contribution in [0, 0.1) is 11.3 Å². The molecule has 3 N–H and O–H groups in total. The Kier molecular flexibility index (Phi) is 3.61. The average molecular weight is 278 g/mol. The first-order valence-electron chi connectivity index (χ1n) is 5.12. The van der Waals surface area contributed by atoms with Crippen molar-refractivity contribution in [2.24, 2.45) is 0 Å². The molecule has 0 heterocycles. The number of nitrogens with one attached hydrogen (secondary N) is 1. The fraction of sp³-hybridized carbons (Fsp3) is 0. The summed E-state index contributed by atoms with van der Waals surface area (Å²) in [7, 11) is 0. The summed E-state index contributed by atoms with van der Waals surface area (Å²) in [6.07, 6.45) is 0. The van der Waals surface area contributed by atoms with Crippen LogP contribution >= 0.6 is 23.2 Å². The topological polar surface area (TPSA) is 61.8 Å². The molecule has 2 rings (SSSR count). The summed E-state index contributed by atoms with van der Waals surface area (Å²) in [6.45, 7) is 0. The van der Waals surface area contributed by atoms with Crippen LogP contribution in [0.25, 0.3) is 0 Å². The fourth-order valence-corrected chi connectivity index (χ4v) is 2.08. The third kappa shape index (κ3) is 2.67. The van der Waals surface area contributed by atoms with E-state index in [0.29, 0.717) is 32.7 Å². The molecule has 0 saturated carbocycles. The molecule has 0 atom stereocenters. The van der Waals surface area contributed by atoms with Crippen LogP contribution in [0.5, 0.6) is 0 Å². The van der Waals surface area contributed by atoms with E-state index in [1.54, 1.807) is 36.4 Å². The molecule has 18 heavy (non-hydrogen) atoms. The molecule has 3 nitrogen and oxygen atoms in total. The van der Waals surface area contributed by atoms with E-state index in [4.69, 9.17) is 34.2 Å². The van der Waals surface area contributed by atoms with Crippen molar-refractivity contribution in [2.75, 3.05) is 11.1 Å². The molecule has 0 amide bonds. The van der Waals surface area contributed by atoms with Gasteiger partial charge < -0.3 is 11.1 Å². The minimum absolute atomic E-state index is 0.399. The third-order valence-electron chi connectivity index (χ3n) is 2.37. The molecule has 0 spiro atoms. The molecule has 0 aliphatic carbocycles. The summed E-state index contributed by atoms with van der Waals surface area (Å²) in [5, 5.41) is 13.0. The molecule has 0 aromatic heterocycles. The molecule has 5 heteroatoms. The Morgan fingerprint density at radius 3 is 2.39 bits per heavy atom. The van der Waals surface area contributed by atoms with Gasteiger partial charge in [-0.1, -0.05) is 29.3 Å². The first kappa shape index (κ1) is 12.6. The van der Waals surface area contributed by atoms with Crippen LogP contribution in [0.15, 0.2) is 36.4 Å². The van der Waals surface area contributed by atoms with Crippen LogP contribution in [0.2, 0.25) is 10.0 Å². The minimum atomic E-state index is 0.399. The van der Waals surface area contributed by atoms with Crippen molar-refractivity contribution in [3.63, 3.8) is 0 Å². The monoisotopic (exact) mass is 277 g/mol. The number of rotatable bonds is 2. The number of hydrogen-bond donors (Lipinski definition) is 2. The summed E-state index contributed by atoms with van der Waals surface area (Å²) in [5.74, 6) is 0. The Bertz CT molecular complexity index is 612. The van der Waals surface area contributed by atoms with Gasteiger partial charge >= 0.3 is 0 Å².